The number of nitrogens with zero attached hydrogens (tertiary/aromatic N) is 1. The van der Waals surface area contributed by atoms with Gasteiger partial charge < -0.3 is 14.6 Å². The lowest BCUT2D eigenvalue weighted by molar-refractivity contribution is 0.500. The van der Waals surface area contributed by atoms with Crippen LogP contribution in [-0.4, -0.2) is 12.6 Å². The molecule has 0 spiro atoms. The number of aryl methyl sites for hydroxylation is 1. The van der Waals surface area contributed by atoms with Crippen LogP contribution < -0.4 is 10.2 Å². The molecule has 3 rings (SSSR count). The summed E-state index contributed by atoms with van der Waals surface area (Å²) in [5.41, 5.74) is 3.84. The fourth-order valence-electron chi connectivity index (χ4n) is 2.63. The van der Waals surface area contributed by atoms with Gasteiger partial charge in [0.1, 0.15) is 5.76 Å². The highest BCUT2D eigenvalue weighted by atomic mass is 16.3. The van der Waals surface area contributed by atoms with Gasteiger partial charge >= 0.3 is 0 Å². The van der Waals surface area contributed by atoms with Crippen molar-refractivity contribution in [2.24, 2.45) is 0 Å². The zero-order chi connectivity index (χ0) is 14.7. The highest BCUT2D eigenvalue weighted by molar-refractivity contribution is 5.52. The SMILES string of the molecule is CCN(Cc1cc(CNC2CC2)co1)c1ccccc1C. The van der Waals surface area contributed by atoms with Crippen LogP contribution in [0.25, 0.3) is 0 Å². The predicted octanol–water partition coefficient (Wildman–Crippen LogP) is 3.87. The van der Waals surface area contributed by atoms with Crippen LogP contribution in [0.1, 0.15) is 36.7 Å². The van der Waals surface area contributed by atoms with Crippen molar-refractivity contribution >= 4 is 5.69 Å². The Morgan fingerprint density at radius 2 is 2.10 bits per heavy atom. The first kappa shape index (κ1) is 14.2. The maximum Gasteiger partial charge on any atom is 0.123 e. The van der Waals surface area contributed by atoms with E-state index in [0.717, 1.165) is 31.4 Å². The smallest absolute Gasteiger partial charge is 0.123 e. The second-order valence-corrected chi connectivity index (χ2v) is 5.88. The minimum absolute atomic E-state index is 0.738. The van der Waals surface area contributed by atoms with E-state index in [2.05, 4.69) is 54.4 Å². The zero-order valence-corrected chi connectivity index (χ0v) is 12.9. The molecule has 0 bridgehead atoms. The number of hydrogen-bond acceptors (Lipinski definition) is 3. The van der Waals surface area contributed by atoms with E-state index in [1.807, 2.05) is 6.26 Å². The average molecular weight is 284 g/mol. The summed E-state index contributed by atoms with van der Waals surface area (Å²) in [4.78, 5) is 2.35. The van der Waals surface area contributed by atoms with E-state index in [1.165, 1.54) is 29.7 Å². The summed E-state index contributed by atoms with van der Waals surface area (Å²) in [6, 6.07) is 11.4. The average Bonchev–Trinajstić information content (AvgIpc) is 3.22. The summed E-state index contributed by atoms with van der Waals surface area (Å²) in [6.07, 6.45) is 4.53. The molecule has 3 nitrogen and oxygen atoms in total. The van der Waals surface area contributed by atoms with Crippen LogP contribution in [0.3, 0.4) is 0 Å². The Hall–Kier alpha value is -1.74. The third-order valence-electron chi connectivity index (χ3n) is 4.06. The maximum atomic E-state index is 5.73. The lowest BCUT2D eigenvalue weighted by Gasteiger charge is -2.23. The Morgan fingerprint density at radius 1 is 1.29 bits per heavy atom. The molecule has 1 N–H and O–H groups in total. The van der Waals surface area contributed by atoms with E-state index in [0.29, 0.717) is 0 Å². The number of para-hydroxylation sites is 1. The van der Waals surface area contributed by atoms with E-state index in [9.17, 15) is 0 Å². The van der Waals surface area contributed by atoms with Crippen LogP contribution in [0.5, 0.6) is 0 Å². The number of furan rings is 1. The van der Waals surface area contributed by atoms with Gasteiger partial charge in [0.2, 0.25) is 0 Å². The molecule has 1 aromatic carbocycles. The molecular weight excluding hydrogens is 260 g/mol. The van der Waals surface area contributed by atoms with E-state index in [-0.39, 0.29) is 0 Å². The first-order valence-electron chi connectivity index (χ1n) is 7.86. The van der Waals surface area contributed by atoms with Crippen molar-refractivity contribution in [2.45, 2.75) is 45.8 Å². The molecule has 2 aromatic rings. The van der Waals surface area contributed by atoms with Crippen LogP contribution in [-0.2, 0) is 13.1 Å². The quantitative estimate of drug-likeness (QED) is 0.836. The number of hydrogen-bond donors (Lipinski definition) is 1. The van der Waals surface area contributed by atoms with Gasteiger partial charge in [-0.2, -0.15) is 0 Å². The summed E-state index contributed by atoms with van der Waals surface area (Å²) in [6.45, 7) is 7.06. The zero-order valence-electron chi connectivity index (χ0n) is 12.9. The predicted molar refractivity (Wildman–Crippen MR) is 86.5 cm³/mol. The highest BCUT2D eigenvalue weighted by Gasteiger charge is 2.20. The molecule has 21 heavy (non-hydrogen) atoms. The molecule has 0 amide bonds. The number of nitrogens with one attached hydrogen (secondary N) is 1. The first-order valence-corrected chi connectivity index (χ1v) is 7.86. The van der Waals surface area contributed by atoms with Crippen molar-refractivity contribution in [1.82, 2.24) is 5.32 Å². The van der Waals surface area contributed by atoms with Gasteiger partial charge in [0.15, 0.2) is 0 Å². The molecule has 1 aliphatic carbocycles. The van der Waals surface area contributed by atoms with Crippen molar-refractivity contribution in [3.8, 4) is 0 Å². The summed E-state index contributed by atoms with van der Waals surface area (Å²) < 4.78 is 5.73. The van der Waals surface area contributed by atoms with Crippen molar-refractivity contribution in [3.05, 3.63) is 53.5 Å². The molecular formula is C18H24N2O. The topological polar surface area (TPSA) is 28.4 Å². The summed E-state index contributed by atoms with van der Waals surface area (Å²) >= 11 is 0. The first-order chi connectivity index (χ1) is 10.3. The molecule has 1 saturated carbocycles. The Kier molecular flexibility index (Phi) is 4.30. The van der Waals surface area contributed by atoms with Crippen molar-refractivity contribution in [1.29, 1.82) is 0 Å². The Bertz CT molecular complexity index is 586. The van der Waals surface area contributed by atoms with Crippen LogP contribution in [0.4, 0.5) is 5.69 Å². The van der Waals surface area contributed by atoms with Crippen LogP contribution in [0.15, 0.2) is 41.0 Å². The maximum absolute atomic E-state index is 5.73. The minimum Gasteiger partial charge on any atom is -0.467 e. The van der Waals surface area contributed by atoms with Crippen LogP contribution >= 0.6 is 0 Å². The molecule has 1 fully saturated rings. The van der Waals surface area contributed by atoms with Crippen LogP contribution in [0.2, 0.25) is 0 Å². The van der Waals surface area contributed by atoms with Crippen LogP contribution in [0, 0.1) is 6.92 Å². The van der Waals surface area contributed by atoms with Crippen molar-refractivity contribution in [2.75, 3.05) is 11.4 Å². The molecule has 1 aliphatic rings. The van der Waals surface area contributed by atoms with Gasteiger partial charge in [-0.1, -0.05) is 18.2 Å². The number of benzene rings is 1. The molecule has 0 saturated heterocycles. The normalized spacial score (nSPS) is 14.4. The van der Waals surface area contributed by atoms with Gasteiger partial charge in [-0.05, 0) is 44.4 Å². The molecule has 0 aliphatic heterocycles. The fraction of sp³-hybridized carbons (Fsp3) is 0.444. The van der Waals surface area contributed by atoms with Gasteiger partial charge in [-0.25, -0.2) is 0 Å². The second-order valence-electron chi connectivity index (χ2n) is 5.88. The third-order valence-corrected chi connectivity index (χ3v) is 4.06. The van der Waals surface area contributed by atoms with Gasteiger partial charge in [-0.15, -0.1) is 0 Å². The van der Waals surface area contributed by atoms with E-state index in [1.54, 1.807) is 0 Å². The number of rotatable bonds is 7. The summed E-state index contributed by atoms with van der Waals surface area (Å²) in [5.74, 6) is 1.03. The highest BCUT2D eigenvalue weighted by Crippen LogP contribution is 2.23. The number of anilines is 1. The lowest BCUT2D eigenvalue weighted by atomic mass is 10.1. The van der Waals surface area contributed by atoms with Crippen molar-refractivity contribution in [3.63, 3.8) is 0 Å². The molecule has 3 heteroatoms. The molecule has 1 heterocycles. The van der Waals surface area contributed by atoms with Crippen molar-refractivity contribution < 1.29 is 4.42 Å². The Morgan fingerprint density at radius 3 is 2.81 bits per heavy atom. The van der Waals surface area contributed by atoms with E-state index >= 15 is 0 Å². The van der Waals surface area contributed by atoms with Gasteiger partial charge in [0.25, 0.3) is 0 Å². The van der Waals surface area contributed by atoms with E-state index < -0.39 is 0 Å². The monoisotopic (exact) mass is 284 g/mol. The van der Waals surface area contributed by atoms with E-state index in [4.69, 9.17) is 4.42 Å². The molecule has 1 aromatic heterocycles. The molecule has 0 radical (unpaired) electrons. The molecule has 0 atom stereocenters. The Balaban J connectivity index is 1.64. The summed E-state index contributed by atoms with van der Waals surface area (Å²) in [5, 5.41) is 3.52. The molecule has 112 valence electrons. The molecule has 0 unspecified atom stereocenters. The largest absolute Gasteiger partial charge is 0.467 e. The lowest BCUT2D eigenvalue weighted by Crippen LogP contribution is -2.22. The summed E-state index contributed by atoms with van der Waals surface area (Å²) in [7, 11) is 0. The second kappa shape index (κ2) is 6.35. The van der Waals surface area contributed by atoms with Gasteiger partial charge in [0, 0.05) is 30.4 Å². The van der Waals surface area contributed by atoms with Gasteiger partial charge in [-0.3, -0.25) is 0 Å². The van der Waals surface area contributed by atoms with Gasteiger partial charge in [0.05, 0.1) is 12.8 Å². The third kappa shape index (κ3) is 3.67. The standard InChI is InChI=1S/C18H24N2O/c1-3-20(18-7-5-4-6-14(18)2)12-17-10-15(13-21-17)11-19-16-8-9-16/h4-7,10,13,16,19H,3,8-9,11-12H2,1-2H3. The fourth-order valence-corrected chi connectivity index (χ4v) is 2.63. The Labute approximate surface area is 127 Å². The minimum atomic E-state index is 0.738.